The summed E-state index contributed by atoms with van der Waals surface area (Å²) in [5, 5.41) is 11.5. The first-order chi connectivity index (χ1) is 15.0. The number of carbonyl (C=O) groups excluding carboxylic acids is 4. The molecule has 0 unspecified atom stereocenters. The number of methoxy groups -OCH3 is 1. The van der Waals surface area contributed by atoms with Crippen LogP contribution in [-0.4, -0.2) is 65.8 Å². The number of ether oxygens (including phenoxy) is 5. The van der Waals surface area contributed by atoms with Crippen molar-refractivity contribution >= 4 is 41.3 Å². The Hall–Kier alpha value is -3.19. The number of nitrogens with zero attached hydrogens (tertiary/aromatic N) is 1. The van der Waals surface area contributed by atoms with E-state index in [0.29, 0.717) is 11.8 Å². The highest BCUT2D eigenvalue weighted by Gasteiger charge is 2.62. The van der Waals surface area contributed by atoms with E-state index in [9.17, 15) is 29.3 Å². The summed E-state index contributed by atoms with van der Waals surface area (Å²) in [5.74, 6) is -3.50. The van der Waals surface area contributed by atoms with Crippen LogP contribution in [0.5, 0.6) is 0 Å². The van der Waals surface area contributed by atoms with Gasteiger partial charge in [0.1, 0.15) is 0 Å². The second-order valence-electron chi connectivity index (χ2n) is 6.55. The highest BCUT2D eigenvalue weighted by Crippen LogP contribution is 2.47. The summed E-state index contributed by atoms with van der Waals surface area (Å²) in [6.45, 7) is 2.76. The molecule has 0 amide bonds. The van der Waals surface area contributed by atoms with E-state index in [4.69, 9.17) is 23.7 Å². The van der Waals surface area contributed by atoms with E-state index in [-0.39, 0.29) is 10.6 Å². The zero-order valence-corrected chi connectivity index (χ0v) is 18.4. The summed E-state index contributed by atoms with van der Waals surface area (Å²) in [7, 11) is 1.04. The standard InChI is InChI=1S/C19H21NO11S/c1-10(21)29-14-9-28-19(18(24)27-4,17(31-12(3)23)16(14)30-11(2)22)32-15-8-6-5-7-13(15)20(25)26/h5-8,14,16-17H,9H2,1-4H3/t14-,16-,17+,19+/m1/s1. The molecule has 32 heavy (non-hydrogen) atoms. The normalized spacial score (nSPS) is 24.7. The fraction of sp³-hybridized carbons (Fsp3) is 0.474. The van der Waals surface area contributed by atoms with E-state index in [2.05, 4.69) is 0 Å². The van der Waals surface area contributed by atoms with Gasteiger partial charge in [0.25, 0.3) is 10.6 Å². The summed E-state index contributed by atoms with van der Waals surface area (Å²) < 4.78 is 26.3. The van der Waals surface area contributed by atoms with Crippen LogP contribution in [0.3, 0.4) is 0 Å². The van der Waals surface area contributed by atoms with E-state index < -0.39 is 58.7 Å². The molecule has 1 saturated heterocycles. The van der Waals surface area contributed by atoms with E-state index in [0.717, 1.165) is 27.9 Å². The van der Waals surface area contributed by atoms with Crippen molar-refractivity contribution in [3.05, 3.63) is 34.4 Å². The van der Waals surface area contributed by atoms with Gasteiger partial charge in [-0.15, -0.1) is 0 Å². The molecule has 1 aliphatic heterocycles. The molecule has 174 valence electrons. The van der Waals surface area contributed by atoms with Crippen molar-refractivity contribution in [2.24, 2.45) is 0 Å². The third-order valence-electron chi connectivity index (χ3n) is 4.21. The van der Waals surface area contributed by atoms with Gasteiger partial charge in [-0.2, -0.15) is 0 Å². The molecule has 1 aromatic rings. The Morgan fingerprint density at radius 3 is 2.19 bits per heavy atom. The minimum absolute atomic E-state index is 0.00689. The zero-order valence-electron chi connectivity index (χ0n) is 17.6. The zero-order chi connectivity index (χ0) is 24.1. The Kier molecular flexibility index (Phi) is 8.16. The van der Waals surface area contributed by atoms with Gasteiger partial charge in [-0.05, 0) is 6.07 Å². The lowest BCUT2D eigenvalue weighted by atomic mass is 9.98. The van der Waals surface area contributed by atoms with Gasteiger partial charge in [0, 0.05) is 26.8 Å². The molecule has 2 rings (SSSR count). The van der Waals surface area contributed by atoms with Gasteiger partial charge in [0.15, 0.2) is 18.3 Å². The second kappa shape index (κ2) is 10.4. The quantitative estimate of drug-likeness (QED) is 0.244. The number of nitro groups is 1. The van der Waals surface area contributed by atoms with Crippen LogP contribution in [0, 0.1) is 10.1 Å². The van der Waals surface area contributed by atoms with Crippen LogP contribution in [0.4, 0.5) is 5.69 Å². The smallest absolute Gasteiger partial charge is 0.353 e. The average Bonchev–Trinajstić information content (AvgIpc) is 2.70. The highest BCUT2D eigenvalue weighted by atomic mass is 32.2. The van der Waals surface area contributed by atoms with Crippen molar-refractivity contribution in [1.29, 1.82) is 0 Å². The predicted octanol–water partition coefficient (Wildman–Crippen LogP) is 1.38. The number of thioether (sulfide) groups is 1. The van der Waals surface area contributed by atoms with Crippen molar-refractivity contribution in [2.45, 2.75) is 48.9 Å². The van der Waals surface area contributed by atoms with Crippen LogP contribution in [-0.2, 0) is 42.9 Å². The van der Waals surface area contributed by atoms with Crippen LogP contribution in [0.25, 0.3) is 0 Å². The summed E-state index contributed by atoms with van der Waals surface area (Å²) in [4.78, 5) is 56.7. The number of rotatable bonds is 7. The maximum Gasteiger partial charge on any atom is 0.353 e. The number of nitro benzene ring substituents is 1. The minimum Gasteiger partial charge on any atom is -0.466 e. The number of benzene rings is 1. The first-order valence-corrected chi connectivity index (χ1v) is 10.00. The first kappa shape index (κ1) is 25.1. The lowest BCUT2D eigenvalue weighted by molar-refractivity contribution is -0.387. The molecule has 0 radical (unpaired) electrons. The Labute approximate surface area is 186 Å². The van der Waals surface area contributed by atoms with E-state index in [1.54, 1.807) is 0 Å². The largest absolute Gasteiger partial charge is 0.466 e. The molecule has 0 aromatic heterocycles. The topological polar surface area (TPSA) is 158 Å². The van der Waals surface area contributed by atoms with Crippen molar-refractivity contribution in [2.75, 3.05) is 13.7 Å². The Balaban J connectivity index is 2.66. The molecule has 1 aromatic carbocycles. The SMILES string of the molecule is COC(=O)[C@]1(Sc2ccccc2[N+](=O)[O-])OC[C@@H](OC(C)=O)[C@@H](OC(C)=O)[C@@H]1OC(C)=O. The van der Waals surface area contributed by atoms with Gasteiger partial charge in [-0.25, -0.2) is 4.79 Å². The Morgan fingerprint density at radius 1 is 1.06 bits per heavy atom. The molecular weight excluding hydrogens is 450 g/mol. The molecule has 0 bridgehead atoms. The maximum absolute atomic E-state index is 12.9. The van der Waals surface area contributed by atoms with E-state index in [1.807, 2.05) is 0 Å². The van der Waals surface area contributed by atoms with Gasteiger partial charge in [0.2, 0.25) is 0 Å². The van der Waals surface area contributed by atoms with Crippen molar-refractivity contribution < 1.29 is 47.8 Å². The van der Waals surface area contributed by atoms with Crippen LogP contribution in [0.2, 0.25) is 0 Å². The third kappa shape index (κ3) is 5.53. The van der Waals surface area contributed by atoms with Crippen LogP contribution in [0.15, 0.2) is 29.2 Å². The summed E-state index contributed by atoms with van der Waals surface area (Å²) in [5.41, 5.74) is -0.350. The predicted molar refractivity (Wildman–Crippen MR) is 106 cm³/mol. The number of hydrogen-bond acceptors (Lipinski definition) is 12. The van der Waals surface area contributed by atoms with Crippen molar-refractivity contribution in [3.8, 4) is 0 Å². The van der Waals surface area contributed by atoms with Crippen LogP contribution < -0.4 is 0 Å². The summed E-state index contributed by atoms with van der Waals surface area (Å²) in [6, 6.07) is 5.49. The first-order valence-electron chi connectivity index (χ1n) is 9.18. The molecule has 0 spiro atoms. The number of hydrogen-bond donors (Lipinski definition) is 0. The van der Waals surface area contributed by atoms with Crippen LogP contribution in [0.1, 0.15) is 20.8 Å². The molecular formula is C19H21NO11S. The monoisotopic (exact) mass is 471 g/mol. The van der Waals surface area contributed by atoms with E-state index in [1.165, 1.54) is 24.3 Å². The molecule has 0 saturated carbocycles. The molecule has 4 atom stereocenters. The number of carbonyl (C=O) groups is 4. The molecule has 1 aliphatic rings. The lowest BCUT2D eigenvalue weighted by Crippen LogP contribution is -2.65. The van der Waals surface area contributed by atoms with Gasteiger partial charge >= 0.3 is 23.9 Å². The van der Waals surface area contributed by atoms with Gasteiger partial charge in [0.05, 0.1) is 23.5 Å². The number of esters is 4. The molecule has 12 nitrogen and oxygen atoms in total. The average molecular weight is 471 g/mol. The van der Waals surface area contributed by atoms with Gasteiger partial charge < -0.3 is 23.7 Å². The van der Waals surface area contributed by atoms with Crippen LogP contribution >= 0.6 is 11.8 Å². The molecule has 13 heteroatoms. The number of para-hydroxylation sites is 1. The minimum atomic E-state index is -2.22. The fourth-order valence-electron chi connectivity index (χ4n) is 3.07. The molecule has 1 fully saturated rings. The maximum atomic E-state index is 12.9. The second-order valence-corrected chi connectivity index (χ2v) is 7.80. The highest BCUT2D eigenvalue weighted by molar-refractivity contribution is 8.01. The van der Waals surface area contributed by atoms with Gasteiger partial charge in [-0.1, -0.05) is 23.9 Å². The van der Waals surface area contributed by atoms with E-state index >= 15 is 0 Å². The Morgan fingerprint density at radius 2 is 1.66 bits per heavy atom. The van der Waals surface area contributed by atoms with Crippen molar-refractivity contribution in [3.63, 3.8) is 0 Å². The summed E-state index contributed by atoms with van der Waals surface area (Å²) in [6.07, 6.45) is -4.38. The third-order valence-corrected chi connectivity index (χ3v) is 5.59. The molecule has 1 heterocycles. The van der Waals surface area contributed by atoms with Crippen molar-refractivity contribution in [1.82, 2.24) is 0 Å². The van der Waals surface area contributed by atoms with Gasteiger partial charge in [-0.3, -0.25) is 24.5 Å². The summed E-state index contributed by atoms with van der Waals surface area (Å²) >= 11 is 0.554. The molecule has 0 N–H and O–H groups in total. The fourth-order valence-corrected chi connectivity index (χ4v) is 4.38. The Bertz CT molecular complexity index is 920. The molecule has 0 aliphatic carbocycles. The lowest BCUT2D eigenvalue weighted by Gasteiger charge is -2.45.